The van der Waals surface area contributed by atoms with Crippen LogP contribution < -0.4 is 0 Å². The van der Waals surface area contributed by atoms with Crippen LogP contribution in [0.15, 0.2) is 23.8 Å². The van der Waals surface area contributed by atoms with Gasteiger partial charge in [0.1, 0.15) is 11.9 Å². The lowest BCUT2D eigenvalue weighted by atomic mass is 9.62. The van der Waals surface area contributed by atoms with Gasteiger partial charge in [-0.05, 0) is 61.3 Å². The van der Waals surface area contributed by atoms with Gasteiger partial charge < -0.3 is 9.84 Å². The molecule has 0 aromatic rings. The number of allylic oxidation sites excluding steroid dienone is 4. The zero-order valence-electron chi connectivity index (χ0n) is 17.6. The lowest BCUT2D eigenvalue weighted by Crippen LogP contribution is -2.37. The zero-order valence-corrected chi connectivity index (χ0v) is 17.6. The number of ketones is 1. The molecule has 0 spiro atoms. The largest absolute Gasteiger partial charge is 0.462 e. The number of ether oxygens (including phenoxy) is 1. The third-order valence-corrected chi connectivity index (χ3v) is 7.22. The maximum atomic E-state index is 12.7. The first-order valence-electron chi connectivity index (χ1n) is 11.2. The predicted octanol–water partition coefficient (Wildman–Crippen LogP) is 4.61. The maximum Gasteiger partial charge on any atom is 0.308 e. The Kier molecular flexibility index (Phi) is 7.14. The second-order valence-electron chi connectivity index (χ2n) is 9.21. The van der Waals surface area contributed by atoms with Gasteiger partial charge in [0, 0.05) is 18.8 Å². The monoisotopic (exact) mass is 388 g/mol. The van der Waals surface area contributed by atoms with Crippen molar-refractivity contribution in [3.63, 3.8) is 0 Å². The molecule has 0 aromatic heterocycles. The number of carbonyl (C=O) groups is 2. The van der Waals surface area contributed by atoms with Crippen LogP contribution in [-0.2, 0) is 14.3 Å². The zero-order chi connectivity index (χ0) is 20.3. The lowest BCUT2D eigenvalue weighted by Gasteiger charge is -2.43. The molecule has 1 N–H and O–H groups in total. The average Bonchev–Trinajstić information content (AvgIpc) is 2.66. The molecule has 7 unspecified atom stereocenters. The van der Waals surface area contributed by atoms with Gasteiger partial charge >= 0.3 is 5.97 Å². The van der Waals surface area contributed by atoms with Gasteiger partial charge in [0.2, 0.25) is 0 Å². The third kappa shape index (κ3) is 4.94. The number of hydrogen-bond acceptors (Lipinski definition) is 4. The van der Waals surface area contributed by atoms with E-state index in [-0.39, 0.29) is 24.4 Å². The normalized spacial score (nSPS) is 36.3. The molecule has 0 aromatic carbocycles. The Morgan fingerprint density at radius 3 is 2.86 bits per heavy atom. The van der Waals surface area contributed by atoms with Gasteiger partial charge in [-0.15, -0.1) is 0 Å². The number of cyclic esters (lactones) is 1. The van der Waals surface area contributed by atoms with E-state index in [1.165, 1.54) is 5.57 Å². The van der Waals surface area contributed by atoms with Crippen molar-refractivity contribution in [2.45, 2.75) is 84.3 Å². The predicted molar refractivity (Wildman–Crippen MR) is 110 cm³/mol. The Balaban J connectivity index is 1.70. The molecule has 7 atom stereocenters. The second-order valence-corrected chi connectivity index (χ2v) is 9.21. The van der Waals surface area contributed by atoms with Crippen molar-refractivity contribution < 1.29 is 19.4 Å². The Hall–Kier alpha value is -1.42. The third-order valence-electron chi connectivity index (χ3n) is 7.22. The molecule has 4 nitrogen and oxygen atoms in total. The van der Waals surface area contributed by atoms with Gasteiger partial charge in [-0.1, -0.05) is 39.0 Å². The minimum Gasteiger partial charge on any atom is -0.462 e. The van der Waals surface area contributed by atoms with Crippen molar-refractivity contribution in [1.29, 1.82) is 0 Å². The van der Waals surface area contributed by atoms with Gasteiger partial charge in [0.25, 0.3) is 0 Å². The molecule has 1 fully saturated rings. The van der Waals surface area contributed by atoms with Crippen LogP contribution in [0.3, 0.4) is 0 Å². The smallest absolute Gasteiger partial charge is 0.308 e. The van der Waals surface area contributed by atoms with Crippen molar-refractivity contribution in [3.8, 4) is 0 Å². The molecule has 0 bridgehead atoms. The summed E-state index contributed by atoms with van der Waals surface area (Å²) < 4.78 is 5.47. The number of hydrogen-bond donors (Lipinski definition) is 1. The highest BCUT2D eigenvalue weighted by Gasteiger charge is 2.39. The average molecular weight is 389 g/mol. The first-order chi connectivity index (χ1) is 13.4. The van der Waals surface area contributed by atoms with Crippen molar-refractivity contribution in [2.24, 2.45) is 29.6 Å². The Labute approximate surface area is 169 Å². The van der Waals surface area contributed by atoms with Gasteiger partial charge in [-0.2, -0.15) is 0 Å². The topological polar surface area (TPSA) is 63.6 Å². The summed E-state index contributed by atoms with van der Waals surface area (Å²) in [6.07, 6.45) is 12.4. The van der Waals surface area contributed by atoms with Crippen LogP contribution in [0.25, 0.3) is 0 Å². The number of rotatable bonds is 7. The molecular formula is C24H36O4. The number of aliphatic hydroxyl groups is 1. The molecule has 1 aliphatic heterocycles. The molecule has 2 aliphatic carbocycles. The van der Waals surface area contributed by atoms with E-state index in [2.05, 4.69) is 32.1 Å². The summed E-state index contributed by atoms with van der Waals surface area (Å²) in [5, 5.41) is 9.88. The first kappa shape index (κ1) is 21.3. The van der Waals surface area contributed by atoms with Crippen LogP contribution in [0.1, 0.15) is 72.1 Å². The van der Waals surface area contributed by atoms with E-state index < -0.39 is 6.10 Å². The maximum absolute atomic E-state index is 12.7. The van der Waals surface area contributed by atoms with Gasteiger partial charge in [0.15, 0.2) is 0 Å². The number of fused-ring (bicyclic) bond motifs is 1. The number of Topliss-reactive ketones (excluding diaryl/α,β-unsaturated/α-hetero) is 1. The van der Waals surface area contributed by atoms with E-state index in [1.807, 2.05) is 6.92 Å². The molecule has 1 saturated heterocycles. The quantitative estimate of drug-likeness (QED) is 0.647. The fourth-order valence-electron chi connectivity index (χ4n) is 5.34. The summed E-state index contributed by atoms with van der Waals surface area (Å²) in [5.41, 5.74) is 1.40. The van der Waals surface area contributed by atoms with Gasteiger partial charge in [-0.3, -0.25) is 9.59 Å². The van der Waals surface area contributed by atoms with E-state index in [4.69, 9.17) is 4.74 Å². The summed E-state index contributed by atoms with van der Waals surface area (Å²) in [4.78, 5) is 24.3. The van der Waals surface area contributed by atoms with Crippen molar-refractivity contribution in [3.05, 3.63) is 23.8 Å². The van der Waals surface area contributed by atoms with E-state index >= 15 is 0 Å². The van der Waals surface area contributed by atoms with Crippen molar-refractivity contribution in [1.82, 2.24) is 0 Å². The highest BCUT2D eigenvalue weighted by atomic mass is 16.5. The molecule has 0 saturated carbocycles. The number of esters is 1. The van der Waals surface area contributed by atoms with E-state index in [9.17, 15) is 14.7 Å². The van der Waals surface area contributed by atoms with Crippen LogP contribution in [0.2, 0.25) is 0 Å². The van der Waals surface area contributed by atoms with Crippen LogP contribution in [0.4, 0.5) is 0 Å². The molecule has 4 heteroatoms. The van der Waals surface area contributed by atoms with E-state index in [1.54, 1.807) is 0 Å². The summed E-state index contributed by atoms with van der Waals surface area (Å²) >= 11 is 0. The minimum atomic E-state index is -0.569. The Morgan fingerprint density at radius 2 is 2.14 bits per heavy atom. The van der Waals surface area contributed by atoms with Crippen molar-refractivity contribution >= 4 is 11.8 Å². The lowest BCUT2D eigenvalue weighted by molar-refractivity contribution is -0.160. The summed E-state index contributed by atoms with van der Waals surface area (Å²) in [7, 11) is 0. The van der Waals surface area contributed by atoms with E-state index in [0.717, 1.165) is 32.1 Å². The fraction of sp³-hybridized carbons (Fsp3) is 0.750. The van der Waals surface area contributed by atoms with Gasteiger partial charge in [-0.25, -0.2) is 0 Å². The molecule has 3 rings (SSSR count). The minimum absolute atomic E-state index is 0.119. The second kappa shape index (κ2) is 9.39. The number of carbonyl (C=O) groups excluding carboxylic acids is 2. The Bertz CT molecular complexity index is 635. The highest BCUT2D eigenvalue weighted by Crippen LogP contribution is 2.47. The van der Waals surface area contributed by atoms with Crippen LogP contribution in [-0.4, -0.2) is 29.1 Å². The molecule has 28 heavy (non-hydrogen) atoms. The first-order valence-corrected chi connectivity index (χ1v) is 11.2. The van der Waals surface area contributed by atoms with Crippen LogP contribution in [0, 0.1) is 29.6 Å². The SMILES string of the molecule is CCC(C)C(=O)CC1CCC=C2C=CC(C)C(CCC3CC(O)CC(=O)O3)C21. The standard InChI is InChI=1S/C24H36O4/c1-4-15(2)22(26)12-18-7-5-6-17-9-8-16(3)21(24(17)18)11-10-20-13-19(25)14-23(27)28-20/h6,8-9,15-16,18-21,24-25H,4-5,7,10-14H2,1-3H3. The summed E-state index contributed by atoms with van der Waals surface area (Å²) in [6.45, 7) is 6.40. The summed E-state index contributed by atoms with van der Waals surface area (Å²) in [6, 6.07) is 0. The molecular weight excluding hydrogens is 352 g/mol. The van der Waals surface area contributed by atoms with E-state index in [0.29, 0.717) is 42.3 Å². The summed E-state index contributed by atoms with van der Waals surface area (Å²) in [5.74, 6) is 2.02. The molecule has 3 aliphatic rings. The van der Waals surface area contributed by atoms with Gasteiger partial charge in [0.05, 0.1) is 12.5 Å². The molecule has 156 valence electrons. The Morgan fingerprint density at radius 1 is 1.36 bits per heavy atom. The number of aliphatic hydroxyl groups excluding tert-OH is 1. The molecule has 0 amide bonds. The molecule has 1 heterocycles. The highest BCUT2D eigenvalue weighted by molar-refractivity contribution is 5.81. The van der Waals surface area contributed by atoms with Crippen molar-refractivity contribution in [2.75, 3.05) is 0 Å². The van der Waals surface area contributed by atoms with Crippen LogP contribution in [0.5, 0.6) is 0 Å². The van der Waals surface area contributed by atoms with Crippen LogP contribution >= 0.6 is 0 Å². The molecule has 0 radical (unpaired) electrons. The fourth-order valence-corrected chi connectivity index (χ4v) is 5.34.